The summed E-state index contributed by atoms with van der Waals surface area (Å²) < 4.78 is 10.9. The Hall–Kier alpha value is -0.120. The molecule has 0 aromatic carbocycles. The second-order valence-corrected chi connectivity index (χ2v) is 3.27. The molecule has 0 aliphatic carbocycles. The molecule has 1 N–H and O–H groups in total. The van der Waals surface area contributed by atoms with Crippen LogP contribution in [0.3, 0.4) is 0 Å². The minimum atomic E-state index is 0.190. The van der Waals surface area contributed by atoms with E-state index in [0.29, 0.717) is 0 Å². The van der Waals surface area contributed by atoms with Crippen LogP contribution in [-0.2, 0) is 9.47 Å². The predicted molar refractivity (Wildman–Crippen MR) is 59.4 cm³/mol. The minimum Gasteiger partial charge on any atom is -0.380 e. The molecule has 0 aromatic heterocycles. The largest absolute Gasteiger partial charge is 0.380 e. The first-order chi connectivity index (χ1) is 6.85. The summed E-state index contributed by atoms with van der Waals surface area (Å²) in [7, 11) is 0. The summed E-state index contributed by atoms with van der Waals surface area (Å²) in [6, 6.07) is 0. The van der Waals surface area contributed by atoms with Crippen LogP contribution in [0.5, 0.6) is 0 Å². The van der Waals surface area contributed by atoms with Gasteiger partial charge in [-0.3, -0.25) is 5.32 Å². The third-order valence-electron chi connectivity index (χ3n) is 2.00. The second kappa shape index (κ2) is 11.0. The van der Waals surface area contributed by atoms with Gasteiger partial charge in [0.2, 0.25) is 0 Å². The molecular weight excluding hydrogens is 178 g/mol. The van der Waals surface area contributed by atoms with Gasteiger partial charge in [0.1, 0.15) is 6.23 Å². The van der Waals surface area contributed by atoms with Crippen LogP contribution in [-0.4, -0.2) is 32.6 Å². The Labute approximate surface area is 88.2 Å². The Kier molecular flexibility index (Phi) is 10.9. The molecule has 0 saturated carbocycles. The maximum absolute atomic E-state index is 5.45. The summed E-state index contributed by atoms with van der Waals surface area (Å²) in [4.78, 5) is 0. The van der Waals surface area contributed by atoms with E-state index in [1.54, 1.807) is 0 Å². The van der Waals surface area contributed by atoms with Crippen LogP contribution in [0.15, 0.2) is 0 Å². The van der Waals surface area contributed by atoms with Crippen molar-refractivity contribution in [2.75, 3.05) is 26.4 Å². The Balaban J connectivity index is 3.15. The van der Waals surface area contributed by atoms with Crippen molar-refractivity contribution in [3.05, 3.63) is 0 Å². The van der Waals surface area contributed by atoms with Gasteiger partial charge in [0.05, 0.1) is 6.61 Å². The zero-order valence-corrected chi connectivity index (χ0v) is 9.84. The third-order valence-corrected chi connectivity index (χ3v) is 2.00. The molecule has 0 aliphatic heterocycles. The average Bonchev–Trinajstić information content (AvgIpc) is 2.21. The van der Waals surface area contributed by atoms with Gasteiger partial charge in [0.15, 0.2) is 0 Å². The standard InChI is InChI=1S/C11H25NO2/c1-4-7-9-13-10-8-12-11(5-2)14-6-3/h11-12H,4-10H2,1-3H3. The lowest BCUT2D eigenvalue weighted by atomic mass is 10.4. The van der Waals surface area contributed by atoms with E-state index in [9.17, 15) is 0 Å². The zero-order valence-electron chi connectivity index (χ0n) is 9.84. The van der Waals surface area contributed by atoms with E-state index < -0.39 is 0 Å². The molecule has 0 aliphatic rings. The van der Waals surface area contributed by atoms with Crippen LogP contribution in [0.2, 0.25) is 0 Å². The van der Waals surface area contributed by atoms with Crippen molar-refractivity contribution in [2.24, 2.45) is 0 Å². The van der Waals surface area contributed by atoms with Crippen LogP contribution in [0.1, 0.15) is 40.0 Å². The van der Waals surface area contributed by atoms with Crippen LogP contribution in [0.25, 0.3) is 0 Å². The molecule has 1 unspecified atom stereocenters. The highest BCUT2D eigenvalue weighted by atomic mass is 16.5. The van der Waals surface area contributed by atoms with Crippen molar-refractivity contribution >= 4 is 0 Å². The molecule has 3 heteroatoms. The number of nitrogens with one attached hydrogen (secondary N) is 1. The summed E-state index contributed by atoms with van der Waals surface area (Å²) in [5, 5.41) is 3.30. The van der Waals surface area contributed by atoms with Gasteiger partial charge in [-0.1, -0.05) is 20.3 Å². The van der Waals surface area contributed by atoms with Gasteiger partial charge in [-0.2, -0.15) is 0 Å². The fraction of sp³-hybridized carbons (Fsp3) is 1.00. The van der Waals surface area contributed by atoms with Gasteiger partial charge in [-0.25, -0.2) is 0 Å². The van der Waals surface area contributed by atoms with Crippen LogP contribution in [0.4, 0.5) is 0 Å². The van der Waals surface area contributed by atoms with Crippen molar-refractivity contribution in [3.8, 4) is 0 Å². The fourth-order valence-electron chi connectivity index (χ4n) is 1.16. The Morgan fingerprint density at radius 1 is 1.14 bits per heavy atom. The van der Waals surface area contributed by atoms with Gasteiger partial charge < -0.3 is 9.47 Å². The summed E-state index contributed by atoms with van der Waals surface area (Å²) in [6.07, 6.45) is 3.55. The summed E-state index contributed by atoms with van der Waals surface area (Å²) in [5.74, 6) is 0. The van der Waals surface area contributed by atoms with E-state index >= 15 is 0 Å². The highest BCUT2D eigenvalue weighted by molar-refractivity contribution is 4.52. The zero-order chi connectivity index (χ0) is 10.6. The van der Waals surface area contributed by atoms with Gasteiger partial charge in [0.25, 0.3) is 0 Å². The first-order valence-electron chi connectivity index (χ1n) is 5.77. The maximum atomic E-state index is 5.45. The summed E-state index contributed by atoms with van der Waals surface area (Å²) >= 11 is 0. The van der Waals surface area contributed by atoms with Gasteiger partial charge in [-0.05, 0) is 19.8 Å². The maximum Gasteiger partial charge on any atom is 0.107 e. The quantitative estimate of drug-likeness (QED) is 0.436. The topological polar surface area (TPSA) is 30.5 Å². The number of hydrogen-bond acceptors (Lipinski definition) is 3. The lowest BCUT2D eigenvalue weighted by Gasteiger charge is -2.16. The Morgan fingerprint density at radius 2 is 1.93 bits per heavy atom. The number of hydrogen-bond donors (Lipinski definition) is 1. The Morgan fingerprint density at radius 3 is 2.50 bits per heavy atom. The average molecular weight is 203 g/mol. The molecule has 0 spiro atoms. The summed E-state index contributed by atoms with van der Waals surface area (Å²) in [6.45, 7) is 9.61. The highest BCUT2D eigenvalue weighted by Crippen LogP contribution is 1.92. The SMILES string of the molecule is CCCCOCCNC(CC)OCC. The second-order valence-electron chi connectivity index (χ2n) is 3.27. The van der Waals surface area contributed by atoms with E-state index in [0.717, 1.165) is 39.2 Å². The highest BCUT2D eigenvalue weighted by Gasteiger charge is 2.02. The molecule has 0 rings (SSSR count). The molecule has 0 amide bonds. The van der Waals surface area contributed by atoms with Crippen molar-refractivity contribution < 1.29 is 9.47 Å². The molecule has 0 aromatic rings. The van der Waals surface area contributed by atoms with Gasteiger partial charge >= 0.3 is 0 Å². The van der Waals surface area contributed by atoms with Gasteiger partial charge in [0, 0.05) is 19.8 Å². The Bertz CT molecular complexity index is 109. The third kappa shape index (κ3) is 8.48. The number of unbranched alkanes of at least 4 members (excludes halogenated alkanes) is 1. The predicted octanol–water partition coefficient (Wildman–Crippen LogP) is 2.17. The molecule has 3 nitrogen and oxygen atoms in total. The van der Waals surface area contributed by atoms with Crippen LogP contribution >= 0.6 is 0 Å². The first kappa shape index (κ1) is 13.9. The van der Waals surface area contributed by atoms with Crippen molar-refractivity contribution in [2.45, 2.75) is 46.3 Å². The first-order valence-corrected chi connectivity index (χ1v) is 5.77. The van der Waals surface area contributed by atoms with E-state index in [1.807, 2.05) is 6.92 Å². The van der Waals surface area contributed by atoms with E-state index in [1.165, 1.54) is 6.42 Å². The van der Waals surface area contributed by atoms with Crippen LogP contribution in [0, 0.1) is 0 Å². The van der Waals surface area contributed by atoms with E-state index in [2.05, 4.69) is 19.2 Å². The monoisotopic (exact) mass is 203 g/mol. The molecule has 0 fully saturated rings. The number of ether oxygens (including phenoxy) is 2. The molecule has 0 saturated heterocycles. The molecule has 0 bridgehead atoms. The van der Waals surface area contributed by atoms with E-state index in [4.69, 9.17) is 9.47 Å². The minimum absolute atomic E-state index is 0.190. The normalized spacial score (nSPS) is 13.1. The van der Waals surface area contributed by atoms with E-state index in [-0.39, 0.29) is 6.23 Å². The fourth-order valence-corrected chi connectivity index (χ4v) is 1.16. The molecule has 86 valence electrons. The molecule has 0 radical (unpaired) electrons. The smallest absolute Gasteiger partial charge is 0.107 e. The number of rotatable bonds is 10. The molecule has 14 heavy (non-hydrogen) atoms. The van der Waals surface area contributed by atoms with Gasteiger partial charge in [-0.15, -0.1) is 0 Å². The van der Waals surface area contributed by atoms with Crippen molar-refractivity contribution in [3.63, 3.8) is 0 Å². The molecular formula is C11H25NO2. The van der Waals surface area contributed by atoms with Crippen molar-refractivity contribution in [1.82, 2.24) is 5.32 Å². The van der Waals surface area contributed by atoms with Crippen LogP contribution < -0.4 is 5.32 Å². The lowest BCUT2D eigenvalue weighted by molar-refractivity contribution is 0.0277. The summed E-state index contributed by atoms with van der Waals surface area (Å²) in [5.41, 5.74) is 0. The molecule has 1 atom stereocenters. The van der Waals surface area contributed by atoms with Crippen molar-refractivity contribution in [1.29, 1.82) is 0 Å². The molecule has 0 heterocycles. The lowest BCUT2D eigenvalue weighted by Crippen LogP contribution is -2.33.